The highest BCUT2D eigenvalue weighted by Crippen LogP contribution is 2.47. The zero-order valence-electron chi connectivity index (χ0n) is 24.6. The fourth-order valence-corrected chi connectivity index (χ4v) is 8.18. The number of thiophene rings is 1. The number of rotatable bonds is 3. The number of hydrogen-bond donors (Lipinski definition) is 0. The molecular weight excluding hydrogens is 581 g/mol. The topological polar surface area (TPSA) is 43.6 Å². The third-order valence-electron chi connectivity index (χ3n) is 9.03. The maximum atomic E-state index is 5.27. The molecule has 0 radical (unpaired) electrons. The van der Waals surface area contributed by atoms with Crippen molar-refractivity contribution in [2.75, 3.05) is 0 Å². The van der Waals surface area contributed by atoms with Gasteiger partial charge in [0, 0.05) is 47.5 Å². The van der Waals surface area contributed by atoms with E-state index in [1.807, 2.05) is 47.7 Å². The maximum Gasteiger partial charge on any atom is 0.238 e. The van der Waals surface area contributed by atoms with E-state index < -0.39 is 0 Å². The Morgan fingerprint density at radius 2 is 0.891 bits per heavy atom. The summed E-state index contributed by atoms with van der Waals surface area (Å²) in [6.07, 6.45) is 0. The highest BCUT2D eigenvalue weighted by Gasteiger charge is 2.24. The second kappa shape index (κ2) is 9.80. The minimum absolute atomic E-state index is 0.607. The second-order valence-corrected chi connectivity index (χ2v) is 12.7. The van der Waals surface area contributed by atoms with Crippen LogP contribution in [0, 0.1) is 0 Å². The van der Waals surface area contributed by atoms with Crippen LogP contribution in [0.1, 0.15) is 0 Å². The van der Waals surface area contributed by atoms with Gasteiger partial charge in [-0.1, -0.05) is 133 Å². The molecule has 0 fully saturated rings. The lowest BCUT2D eigenvalue weighted by Crippen LogP contribution is -2.06. The monoisotopic (exact) mass is 604 g/mol. The summed E-state index contributed by atoms with van der Waals surface area (Å²) < 4.78 is 4.83. The first-order valence-electron chi connectivity index (χ1n) is 15.4. The van der Waals surface area contributed by atoms with Crippen LogP contribution in [0.2, 0.25) is 0 Å². The largest absolute Gasteiger partial charge is 0.276 e. The van der Waals surface area contributed by atoms with Gasteiger partial charge in [-0.15, -0.1) is 11.3 Å². The van der Waals surface area contributed by atoms with Crippen molar-refractivity contribution in [1.82, 2.24) is 19.5 Å². The van der Waals surface area contributed by atoms with Gasteiger partial charge < -0.3 is 0 Å². The SMILES string of the molecule is c1ccc(-c2nc(-c3ccccc3)nc(-n3c4c(ccc5sc6ccccc6c54)c4c5ccccc5c5ccccc5c43)n2)cc1. The minimum Gasteiger partial charge on any atom is -0.276 e. The first kappa shape index (κ1) is 25.4. The average molecular weight is 605 g/mol. The Hall–Kier alpha value is -5.91. The predicted octanol–water partition coefficient (Wildman–Crippen LogP) is 11.0. The lowest BCUT2D eigenvalue weighted by Gasteiger charge is -2.13. The second-order valence-electron chi connectivity index (χ2n) is 11.6. The van der Waals surface area contributed by atoms with Gasteiger partial charge in [-0.05, 0) is 28.3 Å². The van der Waals surface area contributed by atoms with Gasteiger partial charge in [0.25, 0.3) is 0 Å². The van der Waals surface area contributed by atoms with E-state index in [1.54, 1.807) is 0 Å². The Kier molecular flexibility index (Phi) is 5.41. The molecule has 4 nitrogen and oxygen atoms in total. The van der Waals surface area contributed by atoms with Crippen LogP contribution < -0.4 is 0 Å². The van der Waals surface area contributed by atoms with Gasteiger partial charge in [-0.25, -0.2) is 4.98 Å². The molecular formula is C41H24N4S. The Bertz CT molecular complexity index is 2740. The molecule has 7 aromatic carbocycles. The van der Waals surface area contributed by atoms with E-state index in [1.165, 1.54) is 52.5 Å². The van der Waals surface area contributed by atoms with Crippen LogP contribution in [0.5, 0.6) is 0 Å². The minimum atomic E-state index is 0.607. The average Bonchev–Trinajstić information content (AvgIpc) is 3.69. The molecule has 46 heavy (non-hydrogen) atoms. The van der Waals surface area contributed by atoms with E-state index in [9.17, 15) is 0 Å². The number of nitrogens with zero attached hydrogens (tertiary/aromatic N) is 4. The van der Waals surface area contributed by atoms with Crippen LogP contribution in [0.4, 0.5) is 0 Å². The lowest BCUT2D eigenvalue weighted by atomic mass is 9.96. The molecule has 0 unspecified atom stereocenters. The Balaban J connectivity index is 1.48. The van der Waals surface area contributed by atoms with Crippen molar-refractivity contribution >= 4 is 74.9 Å². The van der Waals surface area contributed by atoms with Crippen molar-refractivity contribution in [3.05, 3.63) is 146 Å². The van der Waals surface area contributed by atoms with Crippen molar-refractivity contribution in [3.8, 4) is 28.7 Å². The molecule has 5 heteroatoms. The van der Waals surface area contributed by atoms with E-state index >= 15 is 0 Å². The zero-order chi connectivity index (χ0) is 30.2. The molecule has 0 spiro atoms. The molecule has 10 aromatic rings. The van der Waals surface area contributed by atoms with Gasteiger partial charge >= 0.3 is 0 Å². The van der Waals surface area contributed by atoms with Crippen molar-refractivity contribution in [2.45, 2.75) is 0 Å². The highest BCUT2D eigenvalue weighted by molar-refractivity contribution is 7.26. The summed E-state index contributed by atoms with van der Waals surface area (Å²) in [5.74, 6) is 1.90. The first-order valence-corrected chi connectivity index (χ1v) is 16.2. The molecule has 214 valence electrons. The molecule has 0 aliphatic carbocycles. The number of aromatic nitrogens is 4. The standard InChI is InChI=1S/C41H24N4S/c1-3-13-25(14-4-1)39-42-40(26-15-5-2-6-16-26)44-41(43-39)45-37-30-20-10-8-18-28(30)27-17-7-9-19-29(27)35(37)32-23-24-34-36(38(32)45)31-21-11-12-22-33(31)46-34/h1-24H. The highest BCUT2D eigenvalue weighted by atomic mass is 32.1. The summed E-state index contributed by atoms with van der Waals surface area (Å²) in [7, 11) is 0. The summed E-state index contributed by atoms with van der Waals surface area (Å²) in [5.41, 5.74) is 4.13. The summed E-state index contributed by atoms with van der Waals surface area (Å²) >= 11 is 1.83. The van der Waals surface area contributed by atoms with Crippen LogP contribution in [0.3, 0.4) is 0 Å². The van der Waals surface area contributed by atoms with Crippen LogP contribution in [-0.2, 0) is 0 Å². The quantitative estimate of drug-likeness (QED) is 0.188. The normalized spacial score (nSPS) is 11.9. The summed E-state index contributed by atoms with van der Waals surface area (Å²) in [4.78, 5) is 15.6. The van der Waals surface area contributed by atoms with Crippen molar-refractivity contribution < 1.29 is 0 Å². The van der Waals surface area contributed by atoms with Crippen LogP contribution in [0.15, 0.2) is 146 Å². The Labute approximate surface area is 267 Å². The molecule has 0 aliphatic heterocycles. The first-order chi connectivity index (χ1) is 22.8. The molecule has 0 saturated heterocycles. The molecule has 0 N–H and O–H groups in total. The Morgan fingerprint density at radius 1 is 0.370 bits per heavy atom. The van der Waals surface area contributed by atoms with E-state index in [-0.39, 0.29) is 0 Å². The smallest absolute Gasteiger partial charge is 0.238 e. The lowest BCUT2D eigenvalue weighted by molar-refractivity contribution is 0.957. The van der Waals surface area contributed by atoms with Gasteiger partial charge in [-0.2, -0.15) is 9.97 Å². The number of fused-ring (bicyclic) bond motifs is 12. The van der Waals surface area contributed by atoms with E-state index in [0.717, 1.165) is 22.2 Å². The molecule has 0 bridgehead atoms. The van der Waals surface area contributed by atoms with Crippen LogP contribution in [-0.4, -0.2) is 19.5 Å². The third-order valence-corrected chi connectivity index (χ3v) is 10.2. The summed E-state index contributed by atoms with van der Waals surface area (Å²) in [5, 5.41) is 9.71. The van der Waals surface area contributed by atoms with Gasteiger partial charge in [0.2, 0.25) is 5.95 Å². The van der Waals surface area contributed by atoms with Gasteiger partial charge in [0.15, 0.2) is 11.6 Å². The summed E-state index contributed by atoms with van der Waals surface area (Å²) in [6.45, 7) is 0. The molecule has 10 rings (SSSR count). The van der Waals surface area contributed by atoms with Gasteiger partial charge in [0.05, 0.1) is 11.0 Å². The third kappa shape index (κ3) is 3.63. The van der Waals surface area contributed by atoms with Crippen LogP contribution in [0.25, 0.3) is 92.2 Å². The molecule has 0 amide bonds. The summed E-state index contributed by atoms with van der Waals surface area (Å²) in [6, 6.07) is 51.2. The molecule has 0 saturated carbocycles. The number of hydrogen-bond acceptors (Lipinski definition) is 4. The van der Waals surface area contributed by atoms with E-state index in [2.05, 4.69) is 114 Å². The molecule has 3 heterocycles. The fraction of sp³-hybridized carbons (Fsp3) is 0. The maximum absolute atomic E-state index is 5.27. The molecule has 3 aromatic heterocycles. The van der Waals surface area contributed by atoms with E-state index in [0.29, 0.717) is 17.6 Å². The van der Waals surface area contributed by atoms with Crippen molar-refractivity contribution in [2.24, 2.45) is 0 Å². The van der Waals surface area contributed by atoms with E-state index in [4.69, 9.17) is 15.0 Å². The predicted molar refractivity (Wildman–Crippen MR) is 193 cm³/mol. The Morgan fingerprint density at radius 3 is 1.57 bits per heavy atom. The molecule has 0 atom stereocenters. The zero-order valence-corrected chi connectivity index (χ0v) is 25.4. The van der Waals surface area contributed by atoms with Gasteiger partial charge in [0.1, 0.15) is 0 Å². The molecule has 0 aliphatic rings. The van der Waals surface area contributed by atoms with Crippen molar-refractivity contribution in [3.63, 3.8) is 0 Å². The number of benzene rings is 7. The fourth-order valence-electron chi connectivity index (χ4n) is 7.07. The van der Waals surface area contributed by atoms with Gasteiger partial charge in [-0.3, -0.25) is 4.57 Å². The van der Waals surface area contributed by atoms with Crippen molar-refractivity contribution in [1.29, 1.82) is 0 Å². The van der Waals surface area contributed by atoms with Crippen LogP contribution >= 0.6 is 11.3 Å².